The highest BCUT2D eigenvalue weighted by molar-refractivity contribution is 5.86. The Bertz CT molecular complexity index is 744. The second kappa shape index (κ2) is 7.88. The molecular formula is C21H33N5O3. The van der Waals surface area contributed by atoms with Crippen LogP contribution in [0.4, 0.5) is 10.6 Å². The number of aromatic nitrogens is 2. The van der Waals surface area contributed by atoms with E-state index in [2.05, 4.69) is 26.5 Å². The van der Waals surface area contributed by atoms with Crippen molar-refractivity contribution in [3.63, 3.8) is 0 Å². The molecule has 0 spiro atoms. The summed E-state index contributed by atoms with van der Waals surface area (Å²) in [7, 11) is 0. The van der Waals surface area contributed by atoms with Gasteiger partial charge in [-0.05, 0) is 59.3 Å². The van der Waals surface area contributed by atoms with Gasteiger partial charge in [0.1, 0.15) is 11.6 Å². The second-order valence-corrected chi connectivity index (χ2v) is 9.56. The number of H-pyrrole nitrogens is 1. The Morgan fingerprint density at radius 1 is 1.14 bits per heavy atom. The summed E-state index contributed by atoms with van der Waals surface area (Å²) >= 11 is 0. The van der Waals surface area contributed by atoms with Crippen molar-refractivity contribution in [2.75, 3.05) is 24.5 Å². The molecule has 8 heteroatoms. The van der Waals surface area contributed by atoms with E-state index in [9.17, 15) is 9.59 Å². The molecule has 2 amide bonds. The molecule has 2 aliphatic heterocycles. The summed E-state index contributed by atoms with van der Waals surface area (Å²) in [4.78, 5) is 29.1. The van der Waals surface area contributed by atoms with Crippen molar-refractivity contribution >= 4 is 17.8 Å². The van der Waals surface area contributed by atoms with Gasteiger partial charge in [-0.25, -0.2) is 4.79 Å². The van der Waals surface area contributed by atoms with Crippen molar-refractivity contribution < 1.29 is 14.3 Å². The summed E-state index contributed by atoms with van der Waals surface area (Å²) in [6.45, 7) is 7.86. The molecule has 3 aliphatic rings. The normalized spacial score (nSPS) is 23.3. The second-order valence-electron chi connectivity index (χ2n) is 9.56. The average Bonchev–Trinajstić information content (AvgIpc) is 3.19. The number of likely N-dealkylation sites (tertiary alicyclic amines) is 1. The van der Waals surface area contributed by atoms with Crippen LogP contribution in [0.3, 0.4) is 0 Å². The van der Waals surface area contributed by atoms with Crippen molar-refractivity contribution in [3.8, 4) is 0 Å². The van der Waals surface area contributed by atoms with Crippen LogP contribution in [-0.2, 0) is 9.53 Å². The maximum atomic E-state index is 12.8. The zero-order chi connectivity index (χ0) is 20.6. The topological polar surface area (TPSA) is 90.6 Å². The summed E-state index contributed by atoms with van der Waals surface area (Å²) in [5.41, 5.74) is 0.693. The first-order valence-corrected chi connectivity index (χ1v) is 10.9. The Hall–Kier alpha value is -2.25. The molecule has 29 heavy (non-hydrogen) atoms. The number of hydrogen-bond donors (Lipinski definition) is 2. The highest BCUT2D eigenvalue weighted by Gasteiger charge is 2.37. The molecule has 1 aliphatic carbocycles. The minimum absolute atomic E-state index is 0.0531. The number of rotatable bonds is 4. The van der Waals surface area contributed by atoms with E-state index in [0.29, 0.717) is 18.9 Å². The van der Waals surface area contributed by atoms with Crippen LogP contribution in [0.25, 0.3) is 0 Å². The lowest BCUT2D eigenvalue weighted by Gasteiger charge is -2.34. The molecule has 1 atom stereocenters. The third kappa shape index (κ3) is 4.85. The fourth-order valence-electron chi connectivity index (χ4n) is 4.22. The van der Waals surface area contributed by atoms with E-state index >= 15 is 0 Å². The Balaban J connectivity index is 1.27. The number of carbonyl (C=O) groups excluding carboxylic acids is 2. The van der Waals surface area contributed by atoms with Gasteiger partial charge in [0.15, 0.2) is 5.82 Å². The third-order valence-corrected chi connectivity index (χ3v) is 5.95. The van der Waals surface area contributed by atoms with E-state index in [0.717, 1.165) is 38.2 Å². The molecule has 2 saturated heterocycles. The molecule has 0 radical (unpaired) electrons. The Morgan fingerprint density at radius 2 is 1.86 bits per heavy atom. The van der Waals surface area contributed by atoms with Crippen LogP contribution >= 0.6 is 0 Å². The van der Waals surface area contributed by atoms with Crippen molar-refractivity contribution in [1.29, 1.82) is 0 Å². The van der Waals surface area contributed by atoms with Crippen molar-refractivity contribution in [2.24, 2.45) is 0 Å². The molecule has 0 bridgehead atoms. The SMILES string of the molecule is CC(C)(C)OC(=O)N1CCCC1C(=O)NC1CCN(c2cc(C3CC3)[nH]n2)CC1. The van der Waals surface area contributed by atoms with E-state index in [4.69, 9.17) is 4.74 Å². The number of nitrogens with one attached hydrogen (secondary N) is 2. The molecule has 1 aromatic rings. The highest BCUT2D eigenvalue weighted by Crippen LogP contribution is 2.40. The fraction of sp³-hybridized carbons (Fsp3) is 0.762. The van der Waals surface area contributed by atoms with Crippen molar-refractivity contribution in [1.82, 2.24) is 20.4 Å². The molecule has 4 rings (SSSR count). The molecular weight excluding hydrogens is 370 g/mol. The number of ether oxygens (including phenoxy) is 1. The van der Waals surface area contributed by atoms with E-state index in [1.54, 1.807) is 4.90 Å². The van der Waals surface area contributed by atoms with E-state index < -0.39 is 17.7 Å². The van der Waals surface area contributed by atoms with Gasteiger partial charge in [0.2, 0.25) is 5.91 Å². The summed E-state index contributed by atoms with van der Waals surface area (Å²) in [5.74, 6) is 1.64. The first-order valence-electron chi connectivity index (χ1n) is 10.9. The minimum atomic E-state index is -0.556. The number of carbonyl (C=O) groups is 2. The molecule has 1 saturated carbocycles. The summed E-state index contributed by atoms with van der Waals surface area (Å²) < 4.78 is 5.47. The zero-order valence-corrected chi connectivity index (χ0v) is 17.7. The smallest absolute Gasteiger partial charge is 0.410 e. The predicted octanol–water partition coefficient (Wildman–Crippen LogP) is 2.77. The van der Waals surface area contributed by atoms with E-state index in [1.807, 2.05) is 20.8 Å². The predicted molar refractivity (Wildman–Crippen MR) is 110 cm³/mol. The van der Waals surface area contributed by atoms with Gasteiger partial charge in [-0.3, -0.25) is 14.8 Å². The molecule has 1 aromatic heterocycles. The molecule has 160 valence electrons. The number of anilines is 1. The van der Waals surface area contributed by atoms with Gasteiger partial charge in [-0.1, -0.05) is 0 Å². The molecule has 2 N–H and O–H groups in total. The van der Waals surface area contributed by atoms with Crippen LogP contribution < -0.4 is 10.2 Å². The average molecular weight is 404 g/mol. The number of nitrogens with zero attached hydrogens (tertiary/aromatic N) is 3. The van der Waals surface area contributed by atoms with Crippen LogP contribution in [0.15, 0.2) is 6.07 Å². The summed E-state index contributed by atoms with van der Waals surface area (Å²) in [5, 5.41) is 10.8. The molecule has 1 unspecified atom stereocenters. The lowest BCUT2D eigenvalue weighted by Crippen LogP contribution is -2.52. The third-order valence-electron chi connectivity index (χ3n) is 5.95. The lowest BCUT2D eigenvalue weighted by atomic mass is 10.0. The molecule has 0 aromatic carbocycles. The van der Waals surface area contributed by atoms with Crippen LogP contribution in [0.5, 0.6) is 0 Å². The number of piperidine rings is 1. The van der Waals surface area contributed by atoms with Gasteiger partial charge < -0.3 is 15.0 Å². The quantitative estimate of drug-likeness (QED) is 0.807. The molecule has 3 fully saturated rings. The lowest BCUT2D eigenvalue weighted by molar-refractivity contribution is -0.126. The van der Waals surface area contributed by atoms with Gasteiger partial charge >= 0.3 is 6.09 Å². The first-order chi connectivity index (χ1) is 13.8. The van der Waals surface area contributed by atoms with Gasteiger partial charge in [-0.2, -0.15) is 5.10 Å². The monoisotopic (exact) mass is 403 g/mol. The molecule has 3 heterocycles. The van der Waals surface area contributed by atoms with Crippen LogP contribution in [0, 0.1) is 0 Å². The van der Waals surface area contributed by atoms with Crippen molar-refractivity contribution in [3.05, 3.63) is 11.8 Å². The van der Waals surface area contributed by atoms with E-state index in [-0.39, 0.29) is 11.9 Å². The minimum Gasteiger partial charge on any atom is -0.444 e. The van der Waals surface area contributed by atoms with Crippen LogP contribution in [-0.4, -0.2) is 64.4 Å². The van der Waals surface area contributed by atoms with E-state index in [1.165, 1.54) is 18.5 Å². The fourth-order valence-corrected chi connectivity index (χ4v) is 4.22. The van der Waals surface area contributed by atoms with Gasteiger partial charge in [-0.15, -0.1) is 0 Å². The highest BCUT2D eigenvalue weighted by atomic mass is 16.6. The Kier molecular flexibility index (Phi) is 5.44. The van der Waals surface area contributed by atoms with Crippen LogP contribution in [0.2, 0.25) is 0 Å². The summed E-state index contributed by atoms with van der Waals surface area (Å²) in [6, 6.07) is 1.89. The van der Waals surface area contributed by atoms with Gasteiger partial charge in [0, 0.05) is 43.4 Å². The molecule has 8 nitrogen and oxygen atoms in total. The Morgan fingerprint density at radius 3 is 2.52 bits per heavy atom. The van der Waals surface area contributed by atoms with Gasteiger partial charge in [0.05, 0.1) is 0 Å². The van der Waals surface area contributed by atoms with Gasteiger partial charge in [0.25, 0.3) is 0 Å². The Labute approximate surface area is 172 Å². The maximum absolute atomic E-state index is 12.8. The standard InChI is InChI=1S/C21H33N5O3/c1-21(2,3)29-20(28)26-10-4-5-17(26)19(27)22-15-8-11-25(12-9-15)18-13-16(23-24-18)14-6-7-14/h13-15,17H,4-12H2,1-3H3,(H,22,27)(H,23,24). The zero-order valence-electron chi connectivity index (χ0n) is 17.7. The maximum Gasteiger partial charge on any atom is 0.410 e. The number of hydrogen-bond acceptors (Lipinski definition) is 5. The largest absolute Gasteiger partial charge is 0.444 e. The summed E-state index contributed by atoms with van der Waals surface area (Å²) in [6.07, 6.45) is 5.43. The number of aromatic amines is 1. The number of amides is 2. The van der Waals surface area contributed by atoms with Crippen LogP contribution in [0.1, 0.15) is 70.9 Å². The van der Waals surface area contributed by atoms with Crippen molar-refractivity contribution in [2.45, 2.75) is 82.9 Å². The first kappa shape index (κ1) is 20.0.